The van der Waals surface area contributed by atoms with Crippen LogP contribution in [0.25, 0.3) is 10.9 Å². The summed E-state index contributed by atoms with van der Waals surface area (Å²) in [4.78, 5) is 14.5. The van der Waals surface area contributed by atoms with E-state index in [2.05, 4.69) is 44.4 Å². The highest BCUT2D eigenvalue weighted by Crippen LogP contribution is 2.42. The largest absolute Gasteiger partial charge is 0.496 e. The molecule has 7 nitrogen and oxygen atoms in total. The quantitative estimate of drug-likeness (QED) is 0.299. The van der Waals surface area contributed by atoms with Crippen molar-refractivity contribution in [1.82, 2.24) is 14.9 Å². The van der Waals surface area contributed by atoms with E-state index in [-0.39, 0.29) is 0 Å². The molecule has 1 unspecified atom stereocenters. The van der Waals surface area contributed by atoms with Gasteiger partial charge in [-0.05, 0) is 100 Å². The third-order valence-corrected chi connectivity index (χ3v) is 9.59. The summed E-state index contributed by atoms with van der Waals surface area (Å²) in [5.41, 5.74) is 10.3. The van der Waals surface area contributed by atoms with E-state index < -0.39 is 0 Å². The standard InChI is InChI=1S/C32H43ClN6O/c1-40-29-11-8-24-20-35-32(37-31(24)30(29)23-6-2-3-7-23)36-26-9-10-28(27(33)19-26)39-17-12-22(13-18-39)5-4-15-38-16-14-25(34)21-38/h8-11,19-20,22-23,25H,2-7,12-18,21,34H2,1H3,(H,35,36,37). The molecule has 3 N–H and O–H groups in total. The number of halogens is 1. The van der Waals surface area contributed by atoms with Gasteiger partial charge in [-0.1, -0.05) is 24.4 Å². The van der Waals surface area contributed by atoms with Crippen molar-refractivity contribution in [3.8, 4) is 5.75 Å². The zero-order valence-corrected chi connectivity index (χ0v) is 24.5. The third-order valence-electron chi connectivity index (χ3n) is 9.29. The number of benzene rings is 2. The molecule has 1 atom stereocenters. The van der Waals surface area contributed by atoms with Gasteiger partial charge in [0.2, 0.25) is 5.95 Å². The molecular formula is C32H43ClN6O. The van der Waals surface area contributed by atoms with Crippen molar-refractivity contribution < 1.29 is 4.74 Å². The molecule has 8 heteroatoms. The van der Waals surface area contributed by atoms with Crippen LogP contribution in [0.3, 0.4) is 0 Å². The molecule has 214 valence electrons. The predicted molar refractivity (Wildman–Crippen MR) is 165 cm³/mol. The maximum atomic E-state index is 6.82. The summed E-state index contributed by atoms with van der Waals surface area (Å²) in [6.45, 7) is 5.57. The first-order valence-corrected chi connectivity index (χ1v) is 15.6. The molecule has 0 bridgehead atoms. The van der Waals surface area contributed by atoms with Gasteiger partial charge in [0.05, 0.1) is 23.3 Å². The minimum Gasteiger partial charge on any atom is -0.496 e. The highest BCUT2D eigenvalue weighted by Gasteiger charge is 2.25. The maximum Gasteiger partial charge on any atom is 0.227 e. The molecule has 6 rings (SSSR count). The van der Waals surface area contributed by atoms with E-state index in [1.165, 1.54) is 70.0 Å². The Kier molecular flexibility index (Phi) is 8.61. The van der Waals surface area contributed by atoms with Crippen LogP contribution in [-0.4, -0.2) is 60.7 Å². The van der Waals surface area contributed by atoms with Gasteiger partial charge in [-0.2, -0.15) is 0 Å². The lowest BCUT2D eigenvalue weighted by Crippen LogP contribution is -2.34. The number of nitrogens with one attached hydrogen (secondary N) is 1. The minimum absolute atomic E-state index is 0.383. The van der Waals surface area contributed by atoms with Gasteiger partial charge < -0.3 is 25.6 Å². The van der Waals surface area contributed by atoms with Crippen molar-refractivity contribution in [2.45, 2.75) is 69.7 Å². The van der Waals surface area contributed by atoms with Gasteiger partial charge in [-0.15, -0.1) is 0 Å². The lowest BCUT2D eigenvalue weighted by molar-refractivity contribution is 0.297. The number of hydrogen-bond donors (Lipinski definition) is 2. The third kappa shape index (κ3) is 6.17. The molecule has 1 saturated carbocycles. The zero-order chi connectivity index (χ0) is 27.5. The van der Waals surface area contributed by atoms with Crippen LogP contribution in [0.4, 0.5) is 17.3 Å². The van der Waals surface area contributed by atoms with E-state index in [9.17, 15) is 0 Å². The molecule has 2 aromatic carbocycles. The highest BCUT2D eigenvalue weighted by molar-refractivity contribution is 6.33. The first-order chi connectivity index (χ1) is 19.6. The molecule has 3 heterocycles. The summed E-state index contributed by atoms with van der Waals surface area (Å²) in [5, 5.41) is 5.21. The number of rotatable bonds is 9. The van der Waals surface area contributed by atoms with Crippen LogP contribution in [0, 0.1) is 5.92 Å². The summed E-state index contributed by atoms with van der Waals surface area (Å²) < 4.78 is 5.75. The summed E-state index contributed by atoms with van der Waals surface area (Å²) in [7, 11) is 1.75. The number of piperidine rings is 1. The van der Waals surface area contributed by atoms with Gasteiger partial charge in [0.15, 0.2) is 0 Å². The molecule has 0 radical (unpaired) electrons. The molecule has 1 aliphatic carbocycles. The van der Waals surface area contributed by atoms with E-state index in [4.69, 9.17) is 27.1 Å². The molecule has 3 aromatic rings. The number of ether oxygens (including phenoxy) is 1. The Balaban J connectivity index is 1.08. The maximum absolute atomic E-state index is 6.82. The fourth-order valence-electron chi connectivity index (χ4n) is 7.05. The SMILES string of the molecule is COc1ccc2cnc(Nc3ccc(N4CCC(CCCN5CCC(N)C5)CC4)c(Cl)c3)nc2c1C1CCCC1. The summed E-state index contributed by atoms with van der Waals surface area (Å²) in [5.74, 6) is 2.81. The Morgan fingerprint density at radius 2 is 1.88 bits per heavy atom. The van der Waals surface area contributed by atoms with E-state index in [1.54, 1.807) is 7.11 Å². The van der Waals surface area contributed by atoms with Crippen LogP contribution in [0.5, 0.6) is 5.75 Å². The van der Waals surface area contributed by atoms with Gasteiger partial charge in [-0.3, -0.25) is 0 Å². The van der Waals surface area contributed by atoms with Crippen molar-refractivity contribution in [3.63, 3.8) is 0 Å². The zero-order valence-electron chi connectivity index (χ0n) is 23.7. The number of fused-ring (bicyclic) bond motifs is 1. The second kappa shape index (κ2) is 12.5. The van der Waals surface area contributed by atoms with E-state index >= 15 is 0 Å². The molecule has 40 heavy (non-hydrogen) atoms. The summed E-state index contributed by atoms with van der Waals surface area (Å²) in [6.07, 6.45) is 13.0. The number of anilines is 3. The van der Waals surface area contributed by atoms with Crippen LogP contribution in [0.15, 0.2) is 36.5 Å². The number of hydrogen-bond acceptors (Lipinski definition) is 7. The van der Waals surface area contributed by atoms with Crippen LogP contribution in [0.1, 0.15) is 69.3 Å². The smallest absolute Gasteiger partial charge is 0.227 e. The minimum atomic E-state index is 0.383. The van der Waals surface area contributed by atoms with Crippen molar-refractivity contribution >= 4 is 39.8 Å². The van der Waals surface area contributed by atoms with Crippen molar-refractivity contribution in [1.29, 1.82) is 0 Å². The molecule has 0 spiro atoms. The van der Waals surface area contributed by atoms with Gasteiger partial charge in [0.1, 0.15) is 5.75 Å². The highest BCUT2D eigenvalue weighted by atomic mass is 35.5. The van der Waals surface area contributed by atoms with Crippen LogP contribution in [0.2, 0.25) is 5.02 Å². The number of nitrogens with two attached hydrogens (primary N) is 1. The number of nitrogens with zero attached hydrogens (tertiary/aromatic N) is 4. The Labute approximate surface area is 243 Å². The first kappa shape index (κ1) is 27.6. The number of aromatic nitrogens is 2. The Hall–Kier alpha value is -2.61. The first-order valence-electron chi connectivity index (χ1n) is 15.2. The lowest BCUT2D eigenvalue weighted by Gasteiger charge is -2.34. The second-order valence-corrected chi connectivity index (χ2v) is 12.4. The van der Waals surface area contributed by atoms with E-state index in [1.807, 2.05) is 12.3 Å². The van der Waals surface area contributed by atoms with Gasteiger partial charge in [0, 0.05) is 48.5 Å². The summed E-state index contributed by atoms with van der Waals surface area (Å²) >= 11 is 6.82. The monoisotopic (exact) mass is 562 g/mol. The average Bonchev–Trinajstić information content (AvgIpc) is 3.65. The predicted octanol–water partition coefficient (Wildman–Crippen LogP) is 6.72. The topological polar surface area (TPSA) is 79.5 Å². The van der Waals surface area contributed by atoms with E-state index in [0.29, 0.717) is 17.9 Å². The van der Waals surface area contributed by atoms with E-state index in [0.717, 1.165) is 65.0 Å². The molecule has 3 fully saturated rings. The Morgan fingerprint density at radius 1 is 1.05 bits per heavy atom. The number of likely N-dealkylation sites (tertiary alicyclic amines) is 1. The Bertz CT molecular complexity index is 1300. The van der Waals surface area contributed by atoms with Gasteiger partial charge >= 0.3 is 0 Å². The Morgan fingerprint density at radius 3 is 2.60 bits per heavy atom. The van der Waals surface area contributed by atoms with Crippen molar-refractivity contribution in [3.05, 3.63) is 47.1 Å². The fraction of sp³-hybridized carbons (Fsp3) is 0.562. The van der Waals surface area contributed by atoms with Gasteiger partial charge in [0.25, 0.3) is 0 Å². The van der Waals surface area contributed by atoms with Crippen molar-refractivity contribution in [2.24, 2.45) is 11.7 Å². The van der Waals surface area contributed by atoms with Crippen LogP contribution in [-0.2, 0) is 0 Å². The molecule has 0 amide bonds. The summed E-state index contributed by atoms with van der Waals surface area (Å²) in [6, 6.07) is 10.7. The number of methoxy groups -OCH3 is 1. The van der Waals surface area contributed by atoms with Crippen LogP contribution < -0.4 is 20.7 Å². The second-order valence-electron chi connectivity index (χ2n) is 12.0. The molecular weight excluding hydrogens is 520 g/mol. The average molecular weight is 563 g/mol. The molecule has 2 saturated heterocycles. The van der Waals surface area contributed by atoms with Crippen LogP contribution >= 0.6 is 11.6 Å². The van der Waals surface area contributed by atoms with Crippen molar-refractivity contribution in [2.75, 3.05) is 50.1 Å². The molecule has 2 aliphatic heterocycles. The lowest BCUT2D eigenvalue weighted by atomic mass is 9.92. The fourth-order valence-corrected chi connectivity index (χ4v) is 7.35. The molecule has 3 aliphatic rings. The normalized spacial score (nSPS) is 21.0. The van der Waals surface area contributed by atoms with Gasteiger partial charge in [-0.25, -0.2) is 9.97 Å². The molecule has 1 aromatic heterocycles.